The van der Waals surface area contributed by atoms with Crippen LogP contribution in [0, 0.1) is 0 Å². The van der Waals surface area contributed by atoms with E-state index in [1.54, 1.807) is 0 Å². The second-order valence-corrected chi connectivity index (χ2v) is 6.88. The Labute approximate surface area is 142 Å². The summed E-state index contributed by atoms with van der Waals surface area (Å²) >= 11 is 0. The predicted molar refractivity (Wildman–Crippen MR) is 85.1 cm³/mol. The molecule has 0 aliphatic heterocycles. The van der Waals surface area contributed by atoms with E-state index in [1.165, 1.54) is 57.1 Å². The third kappa shape index (κ3) is 10.6. The van der Waals surface area contributed by atoms with E-state index in [1.807, 2.05) is 0 Å². The highest BCUT2D eigenvalue weighted by molar-refractivity contribution is 7.86. The molecule has 0 N–H and O–H groups in total. The molecule has 140 valence electrons. The molecule has 8 heteroatoms. The Morgan fingerprint density at radius 2 is 1.50 bits per heavy atom. The predicted octanol–water partition coefficient (Wildman–Crippen LogP) is 3.95. The van der Waals surface area contributed by atoms with Crippen LogP contribution in [-0.4, -0.2) is 18.5 Å². The first-order chi connectivity index (χ1) is 11.1. The van der Waals surface area contributed by atoms with Crippen molar-refractivity contribution in [3.8, 4) is 0 Å². The summed E-state index contributed by atoms with van der Waals surface area (Å²) < 4.78 is 61.2. The molecule has 0 spiro atoms. The summed E-state index contributed by atoms with van der Waals surface area (Å²) in [4.78, 5) is 0. The lowest BCUT2D eigenvalue weighted by atomic mass is 10.1. The molecular weight excluding hydrogens is 343 g/mol. The van der Waals surface area contributed by atoms with Gasteiger partial charge in [0.2, 0.25) is 0 Å². The fraction of sp³-hybridized carbons (Fsp3) is 0.688. The standard InChI is InChI=1S/C15H26N.CHF3O3S/c1-3-5-7-8-12-16-13-10-15(11-14-16)9-6-4-2;2-1(3,4)8(5,6)7/h10-11,13-14H,3-9,12H2,1-2H3;(H,5,6,7)/q+1;/p-1. The largest absolute Gasteiger partial charge is 0.741 e. The molecule has 0 saturated heterocycles. The molecule has 4 nitrogen and oxygen atoms in total. The fourth-order valence-electron chi connectivity index (χ4n) is 1.91. The van der Waals surface area contributed by atoms with Gasteiger partial charge in [0.1, 0.15) is 6.54 Å². The van der Waals surface area contributed by atoms with Crippen LogP contribution in [-0.2, 0) is 23.1 Å². The summed E-state index contributed by atoms with van der Waals surface area (Å²) in [6, 6.07) is 4.55. The van der Waals surface area contributed by atoms with Crippen LogP contribution in [0.4, 0.5) is 13.2 Å². The molecular formula is C16H26F3NO3S. The van der Waals surface area contributed by atoms with Crippen molar-refractivity contribution in [3.63, 3.8) is 0 Å². The van der Waals surface area contributed by atoms with Gasteiger partial charge in [-0.05, 0) is 24.8 Å². The maximum atomic E-state index is 10.7. The van der Waals surface area contributed by atoms with Gasteiger partial charge in [-0.25, -0.2) is 13.0 Å². The van der Waals surface area contributed by atoms with Crippen LogP contribution >= 0.6 is 0 Å². The topological polar surface area (TPSA) is 61.1 Å². The van der Waals surface area contributed by atoms with E-state index >= 15 is 0 Å². The number of rotatable bonds is 8. The molecule has 0 radical (unpaired) electrons. The van der Waals surface area contributed by atoms with Gasteiger partial charge in [0, 0.05) is 18.6 Å². The number of hydrogen-bond acceptors (Lipinski definition) is 3. The van der Waals surface area contributed by atoms with Crippen LogP contribution in [0.25, 0.3) is 0 Å². The summed E-state index contributed by atoms with van der Waals surface area (Å²) in [5.74, 6) is 0. The van der Waals surface area contributed by atoms with Crippen molar-refractivity contribution in [2.45, 2.75) is 70.8 Å². The highest BCUT2D eigenvalue weighted by Crippen LogP contribution is 2.20. The normalized spacial score (nSPS) is 11.8. The smallest absolute Gasteiger partial charge is 0.485 e. The van der Waals surface area contributed by atoms with Crippen LogP contribution in [0.1, 0.15) is 57.9 Å². The van der Waals surface area contributed by atoms with Crippen molar-refractivity contribution < 1.29 is 30.7 Å². The molecule has 1 heterocycles. The van der Waals surface area contributed by atoms with Crippen molar-refractivity contribution in [1.29, 1.82) is 0 Å². The van der Waals surface area contributed by atoms with Gasteiger partial charge in [-0.15, -0.1) is 0 Å². The van der Waals surface area contributed by atoms with E-state index in [2.05, 4.69) is 42.9 Å². The quantitative estimate of drug-likeness (QED) is 0.302. The molecule has 0 unspecified atom stereocenters. The number of unbranched alkanes of at least 4 members (excludes halogenated alkanes) is 4. The molecule has 0 amide bonds. The van der Waals surface area contributed by atoms with Gasteiger partial charge in [-0.3, -0.25) is 0 Å². The minimum absolute atomic E-state index is 1.17. The fourth-order valence-corrected chi connectivity index (χ4v) is 1.91. The molecule has 0 atom stereocenters. The van der Waals surface area contributed by atoms with Gasteiger partial charge in [0.05, 0.1) is 0 Å². The molecule has 1 aromatic rings. The van der Waals surface area contributed by atoms with E-state index in [4.69, 9.17) is 13.0 Å². The van der Waals surface area contributed by atoms with Gasteiger partial charge in [0.15, 0.2) is 22.5 Å². The molecule has 0 aliphatic carbocycles. The number of aromatic nitrogens is 1. The van der Waals surface area contributed by atoms with Crippen molar-refractivity contribution in [1.82, 2.24) is 0 Å². The number of pyridine rings is 1. The van der Waals surface area contributed by atoms with Crippen LogP contribution in [0.3, 0.4) is 0 Å². The van der Waals surface area contributed by atoms with Crippen molar-refractivity contribution in [2.24, 2.45) is 0 Å². The van der Waals surface area contributed by atoms with E-state index in [9.17, 15) is 13.2 Å². The third-order valence-electron chi connectivity index (χ3n) is 3.33. The summed E-state index contributed by atoms with van der Waals surface area (Å²) in [6.07, 6.45) is 13.6. The van der Waals surface area contributed by atoms with Crippen molar-refractivity contribution >= 4 is 10.1 Å². The zero-order valence-corrected chi connectivity index (χ0v) is 15.0. The van der Waals surface area contributed by atoms with Crippen LogP contribution in [0.15, 0.2) is 24.5 Å². The van der Waals surface area contributed by atoms with Gasteiger partial charge in [-0.2, -0.15) is 13.2 Å². The first-order valence-corrected chi connectivity index (χ1v) is 9.52. The number of aryl methyl sites for hydroxylation is 2. The Hall–Kier alpha value is -1.15. The summed E-state index contributed by atoms with van der Waals surface area (Å²) in [7, 11) is -6.09. The second-order valence-electron chi connectivity index (χ2n) is 5.51. The van der Waals surface area contributed by atoms with Gasteiger partial charge < -0.3 is 4.55 Å². The summed E-state index contributed by atoms with van der Waals surface area (Å²) in [6.45, 7) is 5.68. The molecule has 24 heavy (non-hydrogen) atoms. The highest BCUT2D eigenvalue weighted by atomic mass is 32.2. The van der Waals surface area contributed by atoms with Gasteiger partial charge in [0.25, 0.3) is 0 Å². The Balaban J connectivity index is 0.000000561. The lowest BCUT2D eigenvalue weighted by molar-refractivity contribution is -0.697. The molecule has 0 fully saturated rings. The Morgan fingerprint density at radius 3 is 1.92 bits per heavy atom. The zero-order chi connectivity index (χ0) is 18.6. The van der Waals surface area contributed by atoms with Gasteiger partial charge >= 0.3 is 5.51 Å². The summed E-state index contributed by atoms with van der Waals surface area (Å²) in [5, 5.41) is 0. The average molecular weight is 369 g/mol. The summed E-state index contributed by atoms with van der Waals surface area (Å²) in [5.41, 5.74) is -4.17. The highest BCUT2D eigenvalue weighted by Gasteiger charge is 2.36. The van der Waals surface area contributed by atoms with E-state index < -0.39 is 15.6 Å². The van der Waals surface area contributed by atoms with Gasteiger partial charge in [-0.1, -0.05) is 33.1 Å². The molecule has 0 bridgehead atoms. The van der Waals surface area contributed by atoms with E-state index in [0.717, 1.165) is 0 Å². The Morgan fingerprint density at radius 1 is 1.00 bits per heavy atom. The Bertz CT molecular complexity index is 543. The monoisotopic (exact) mass is 369 g/mol. The van der Waals surface area contributed by atoms with E-state index in [0.29, 0.717) is 0 Å². The number of hydrogen-bond donors (Lipinski definition) is 0. The lowest BCUT2D eigenvalue weighted by Gasteiger charge is -2.08. The maximum absolute atomic E-state index is 10.7. The second kappa shape index (κ2) is 11.4. The van der Waals surface area contributed by atoms with Crippen molar-refractivity contribution in [3.05, 3.63) is 30.1 Å². The number of alkyl halides is 3. The third-order valence-corrected chi connectivity index (χ3v) is 3.90. The van der Waals surface area contributed by atoms with Crippen LogP contribution < -0.4 is 4.57 Å². The molecule has 1 aromatic heterocycles. The SMILES string of the molecule is CCCCCC[n+]1ccc(CCCC)cc1.O=S(=O)([O-])C(F)(F)F. The average Bonchev–Trinajstić information content (AvgIpc) is 2.49. The molecule has 0 aromatic carbocycles. The van der Waals surface area contributed by atoms with E-state index in [-0.39, 0.29) is 0 Å². The number of halogens is 3. The number of nitrogens with zero attached hydrogens (tertiary/aromatic N) is 1. The lowest BCUT2D eigenvalue weighted by Crippen LogP contribution is -2.32. The van der Waals surface area contributed by atoms with Crippen LogP contribution in [0.2, 0.25) is 0 Å². The van der Waals surface area contributed by atoms with Crippen LogP contribution in [0.5, 0.6) is 0 Å². The first-order valence-electron chi connectivity index (χ1n) is 8.12. The zero-order valence-electron chi connectivity index (χ0n) is 14.2. The maximum Gasteiger partial charge on any atom is 0.485 e. The first kappa shape index (κ1) is 22.9. The Kier molecular flexibility index (Phi) is 10.9. The van der Waals surface area contributed by atoms with Crippen molar-refractivity contribution in [2.75, 3.05) is 0 Å². The molecule has 0 aliphatic rings. The molecule has 1 rings (SSSR count). The molecule has 0 saturated carbocycles. The minimum atomic E-state index is -6.09. The minimum Gasteiger partial charge on any atom is -0.741 e.